The minimum absolute atomic E-state index is 0.870. The summed E-state index contributed by atoms with van der Waals surface area (Å²) in [5.41, 5.74) is 0.870. The van der Waals surface area contributed by atoms with E-state index in [2.05, 4.69) is 0 Å². The summed E-state index contributed by atoms with van der Waals surface area (Å²) >= 11 is 0. The van der Waals surface area contributed by atoms with Gasteiger partial charge in [-0.25, -0.2) is 0 Å². The van der Waals surface area contributed by atoms with Crippen LogP contribution in [0.25, 0.3) is 0 Å². The zero-order valence-electron chi connectivity index (χ0n) is 9.88. The van der Waals surface area contributed by atoms with Crippen LogP contribution in [0.4, 0.5) is 0 Å². The molecule has 0 nitrogen and oxygen atoms in total. The monoisotopic (exact) mass is 204 g/mol. The standard InChI is InChI=1S/C15H24/c1-2-13-9-12(1)10-14(13)15-6-3-11(4-7-15)5-8-15/h11-14H,1-10H2. The number of hydrogen-bond acceptors (Lipinski definition) is 0. The first-order chi connectivity index (χ1) is 7.36. The summed E-state index contributed by atoms with van der Waals surface area (Å²) in [5.74, 6) is 4.65. The Labute approximate surface area is 93.8 Å². The Morgan fingerprint density at radius 2 is 1.40 bits per heavy atom. The molecule has 0 aromatic carbocycles. The molecule has 5 saturated carbocycles. The summed E-state index contributed by atoms with van der Waals surface area (Å²) in [6, 6.07) is 0. The zero-order chi connectivity index (χ0) is 9.88. The molecule has 0 amide bonds. The first-order valence-corrected chi connectivity index (χ1v) is 7.36. The number of rotatable bonds is 1. The van der Waals surface area contributed by atoms with Crippen molar-refractivity contribution >= 4 is 0 Å². The predicted octanol–water partition coefficient (Wildman–Crippen LogP) is 4.39. The van der Waals surface area contributed by atoms with Gasteiger partial charge in [0.2, 0.25) is 0 Å². The van der Waals surface area contributed by atoms with E-state index < -0.39 is 0 Å². The molecular formula is C15H24. The van der Waals surface area contributed by atoms with Gasteiger partial charge in [-0.2, -0.15) is 0 Å². The molecule has 4 bridgehead atoms. The Kier molecular flexibility index (Phi) is 1.83. The average molecular weight is 204 g/mol. The highest BCUT2D eigenvalue weighted by Crippen LogP contribution is 2.63. The van der Waals surface area contributed by atoms with E-state index in [9.17, 15) is 0 Å². The fraction of sp³-hybridized carbons (Fsp3) is 1.00. The van der Waals surface area contributed by atoms with E-state index in [1.54, 1.807) is 64.2 Å². The van der Waals surface area contributed by atoms with E-state index >= 15 is 0 Å². The summed E-state index contributed by atoms with van der Waals surface area (Å²) in [4.78, 5) is 0. The first kappa shape index (κ1) is 9.07. The molecule has 3 atom stereocenters. The van der Waals surface area contributed by atoms with Gasteiger partial charge in [0.1, 0.15) is 0 Å². The number of hydrogen-bond donors (Lipinski definition) is 0. The Hall–Kier alpha value is 0. The molecule has 5 rings (SSSR count). The van der Waals surface area contributed by atoms with Crippen molar-refractivity contribution in [3.8, 4) is 0 Å². The second-order valence-corrected chi connectivity index (χ2v) is 7.13. The molecule has 84 valence electrons. The second kappa shape index (κ2) is 3.02. The Morgan fingerprint density at radius 1 is 0.667 bits per heavy atom. The van der Waals surface area contributed by atoms with Crippen LogP contribution in [0, 0.1) is 29.1 Å². The van der Waals surface area contributed by atoms with Crippen LogP contribution in [-0.2, 0) is 0 Å². The average Bonchev–Trinajstić information content (AvgIpc) is 2.93. The molecule has 5 fully saturated rings. The lowest BCUT2D eigenvalue weighted by Crippen LogP contribution is -2.41. The van der Waals surface area contributed by atoms with Crippen molar-refractivity contribution in [2.75, 3.05) is 0 Å². The van der Waals surface area contributed by atoms with Crippen LogP contribution in [0.15, 0.2) is 0 Å². The van der Waals surface area contributed by atoms with E-state index in [1.807, 2.05) is 0 Å². The van der Waals surface area contributed by atoms with Crippen molar-refractivity contribution in [2.45, 2.75) is 64.2 Å². The smallest absolute Gasteiger partial charge is 0.0266 e. The van der Waals surface area contributed by atoms with Crippen molar-refractivity contribution in [3.63, 3.8) is 0 Å². The molecule has 0 aromatic rings. The highest BCUT2D eigenvalue weighted by atomic mass is 14.6. The van der Waals surface area contributed by atoms with Gasteiger partial charge >= 0.3 is 0 Å². The van der Waals surface area contributed by atoms with Gasteiger partial charge in [0.05, 0.1) is 0 Å². The van der Waals surface area contributed by atoms with Gasteiger partial charge in [0.25, 0.3) is 0 Å². The highest BCUT2D eigenvalue weighted by molar-refractivity contribution is 5.03. The molecule has 0 heterocycles. The minimum atomic E-state index is 0.870. The van der Waals surface area contributed by atoms with E-state index in [0.717, 1.165) is 17.3 Å². The van der Waals surface area contributed by atoms with Gasteiger partial charge in [-0.15, -0.1) is 0 Å². The number of fused-ring (bicyclic) bond motifs is 5. The SMILES string of the molecule is C1CC2(C3CC4CCC3C4)CCC1CC2. The van der Waals surface area contributed by atoms with Crippen LogP contribution in [0.2, 0.25) is 0 Å². The Balaban J connectivity index is 1.60. The van der Waals surface area contributed by atoms with Gasteiger partial charge in [0, 0.05) is 0 Å². The maximum Gasteiger partial charge on any atom is -0.0266 e. The van der Waals surface area contributed by atoms with Crippen LogP contribution in [-0.4, -0.2) is 0 Å². The molecule has 0 heteroatoms. The van der Waals surface area contributed by atoms with Crippen molar-refractivity contribution in [1.29, 1.82) is 0 Å². The molecule has 0 radical (unpaired) electrons. The third-order valence-electron chi connectivity index (χ3n) is 6.68. The molecule has 5 aliphatic rings. The highest BCUT2D eigenvalue weighted by Gasteiger charge is 2.52. The van der Waals surface area contributed by atoms with Gasteiger partial charge in [-0.3, -0.25) is 0 Å². The molecule has 5 aliphatic carbocycles. The maximum absolute atomic E-state index is 1.63. The molecule has 0 aliphatic heterocycles. The van der Waals surface area contributed by atoms with Crippen molar-refractivity contribution in [3.05, 3.63) is 0 Å². The normalized spacial score (nSPS) is 57.6. The van der Waals surface area contributed by atoms with Crippen molar-refractivity contribution in [2.24, 2.45) is 29.1 Å². The zero-order valence-corrected chi connectivity index (χ0v) is 9.88. The summed E-state index contributed by atoms with van der Waals surface area (Å²) in [6.45, 7) is 0. The van der Waals surface area contributed by atoms with Crippen LogP contribution in [0.1, 0.15) is 64.2 Å². The van der Waals surface area contributed by atoms with Crippen LogP contribution in [0.5, 0.6) is 0 Å². The van der Waals surface area contributed by atoms with Crippen LogP contribution >= 0.6 is 0 Å². The fourth-order valence-electron chi connectivity index (χ4n) is 5.83. The summed E-state index contributed by atoms with van der Waals surface area (Å²) in [5, 5.41) is 0. The summed E-state index contributed by atoms with van der Waals surface area (Å²) < 4.78 is 0. The van der Waals surface area contributed by atoms with E-state index in [0.29, 0.717) is 0 Å². The molecule has 0 N–H and O–H groups in total. The lowest BCUT2D eigenvalue weighted by atomic mass is 9.53. The molecule has 15 heavy (non-hydrogen) atoms. The Morgan fingerprint density at radius 3 is 1.93 bits per heavy atom. The summed E-state index contributed by atoms with van der Waals surface area (Å²) in [7, 11) is 0. The van der Waals surface area contributed by atoms with Gasteiger partial charge in [0.15, 0.2) is 0 Å². The third kappa shape index (κ3) is 1.20. The molecular weight excluding hydrogens is 180 g/mol. The quantitative estimate of drug-likeness (QED) is 0.594. The molecule has 0 saturated heterocycles. The van der Waals surface area contributed by atoms with Gasteiger partial charge in [-0.1, -0.05) is 6.42 Å². The van der Waals surface area contributed by atoms with Crippen molar-refractivity contribution in [1.82, 2.24) is 0 Å². The minimum Gasteiger partial charge on any atom is -0.0502 e. The largest absolute Gasteiger partial charge is 0.0502 e. The van der Waals surface area contributed by atoms with E-state index in [4.69, 9.17) is 0 Å². The predicted molar refractivity (Wildman–Crippen MR) is 62.6 cm³/mol. The summed E-state index contributed by atoms with van der Waals surface area (Å²) in [6.07, 6.45) is 16.1. The lowest BCUT2D eigenvalue weighted by Gasteiger charge is -2.52. The first-order valence-electron chi connectivity index (χ1n) is 7.36. The van der Waals surface area contributed by atoms with Gasteiger partial charge in [-0.05, 0) is 86.9 Å². The topological polar surface area (TPSA) is 0 Å². The Bertz CT molecular complexity index is 245. The maximum atomic E-state index is 1.63. The molecule has 0 spiro atoms. The van der Waals surface area contributed by atoms with Crippen molar-refractivity contribution < 1.29 is 0 Å². The van der Waals surface area contributed by atoms with E-state index in [-0.39, 0.29) is 0 Å². The lowest BCUT2D eigenvalue weighted by molar-refractivity contribution is -0.0158. The molecule has 3 unspecified atom stereocenters. The fourth-order valence-corrected chi connectivity index (χ4v) is 5.83. The molecule has 0 aromatic heterocycles. The second-order valence-electron chi connectivity index (χ2n) is 7.13. The third-order valence-corrected chi connectivity index (χ3v) is 6.68. The van der Waals surface area contributed by atoms with E-state index in [1.165, 1.54) is 11.8 Å². The van der Waals surface area contributed by atoms with Crippen LogP contribution in [0.3, 0.4) is 0 Å². The van der Waals surface area contributed by atoms with Gasteiger partial charge < -0.3 is 0 Å². The van der Waals surface area contributed by atoms with Crippen LogP contribution < -0.4 is 0 Å².